The summed E-state index contributed by atoms with van der Waals surface area (Å²) in [5, 5.41) is 5.67. The van der Waals surface area contributed by atoms with E-state index in [9.17, 15) is 9.59 Å². The lowest BCUT2D eigenvalue weighted by Gasteiger charge is -2.34. The maximum atomic E-state index is 11.9. The van der Waals surface area contributed by atoms with Crippen LogP contribution in [-0.2, 0) is 9.59 Å². The van der Waals surface area contributed by atoms with Gasteiger partial charge in [-0.1, -0.05) is 43.1 Å². The Kier molecular flexibility index (Phi) is 8.19. The van der Waals surface area contributed by atoms with Gasteiger partial charge in [0.1, 0.15) is 0 Å². The molecule has 0 bridgehead atoms. The van der Waals surface area contributed by atoms with Gasteiger partial charge in [0.2, 0.25) is 0 Å². The molecule has 1 aromatic carbocycles. The summed E-state index contributed by atoms with van der Waals surface area (Å²) in [6.07, 6.45) is 3.15. The third-order valence-electron chi connectivity index (χ3n) is 4.54. The molecule has 1 aliphatic heterocycles. The van der Waals surface area contributed by atoms with Crippen molar-refractivity contribution < 1.29 is 9.59 Å². The zero-order valence-electron chi connectivity index (χ0n) is 15.4. The van der Waals surface area contributed by atoms with Gasteiger partial charge in [0, 0.05) is 19.6 Å². The van der Waals surface area contributed by atoms with E-state index in [2.05, 4.69) is 29.4 Å². The standard InChI is InChI=1S/C19H27Cl2N3O2/c1-13-10-14(2)12-24(11-13)9-4-3-8-22-18(25)19(26)23-16-7-5-6-15(20)17(16)21/h5-7,13-14H,3-4,8-12H2,1-2H3,(H,22,25)(H,23,26). The van der Waals surface area contributed by atoms with E-state index in [4.69, 9.17) is 23.2 Å². The number of nitrogens with zero attached hydrogens (tertiary/aromatic N) is 1. The van der Waals surface area contributed by atoms with Crippen LogP contribution >= 0.6 is 23.2 Å². The van der Waals surface area contributed by atoms with Crippen LogP contribution in [0.25, 0.3) is 0 Å². The molecule has 5 nitrogen and oxygen atoms in total. The molecule has 0 aromatic heterocycles. The number of unbranched alkanes of at least 4 members (excludes halogenated alkanes) is 1. The van der Waals surface area contributed by atoms with E-state index in [-0.39, 0.29) is 5.02 Å². The second kappa shape index (κ2) is 10.1. The minimum atomic E-state index is -0.743. The molecule has 2 rings (SSSR count). The number of carbonyl (C=O) groups is 2. The molecular weight excluding hydrogens is 373 g/mol. The second-order valence-corrected chi connectivity index (χ2v) is 8.01. The smallest absolute Gasteiger partial charge is 0.313 e. The van der Waals surface area contributed by atoms with Gasteiger partial charge in [-0.2, -0.15) is 0 Å². The summed E-state index contributed by atoms with van der Waals surface area (Å²) in [6.45, 7) is 8.42. The third kappa shape index (κ3) is 6.45. The van der Waals surface area contributed by atoms with Crippen molar-refractivity contribution in [2.24, 2.45) is 11.8 Å². The Hall–Kier alpha value is -1.30. The van der Waals surface area contributed by atoms with Crippen LogP contribution in [0.2, 0.25) is 10.0 Å². The fraction of sp³-hybridized carbons (Fsp3) is 0.579. The number of likely N-dealkylation sites (tertiary alicyclic amines) is 1. The van der Waals surface area contributed by atoms with Gasteiger partial charge >= 0.3 is 11.8 Å². The van der Waals surface area contributed by atoms with E-state index >= 15 is 0 Å². The number of anilines is 1. The highest BCUT2D eigenvalue weighted by molar-refractivity contribution is 6.45. The van der Waals surface area contributed by atoms with Gasteiger partial charge in [0.25, 0.3) is 0 Å². The highest BCUT2D eigenvalue weighted by atomic mass is 35.5. The number of rotatable bonds is 6. The maximum absolute atomic E-state index is 11.9. The lowest BCUT2D eigenvalue weighted by molar-refractivity contribution is -0.136. The Labute approximate surface area is 165 Å². The molecule has 2 unspecified atom stereocenters. The summed E-state index contributed by atoms with van der Waals surface area (Å²) in [4.78, 5) is 26.3. The topological polar surface area (TPSA) is 61.4 Å². The molecule has 0 spiro atoms. The summed E-state index contributed by atoms with van der Waals surface area (Å²) < 4.78 is 0. The molecule has 7 heteroatoms. The number of carbonyl (C=O) groups excluding carboxylic acids is 2. The van der Waals surface area contributed by atoms with E-state index in [1.54, 1.807) is 18.2 Å². The van der Waals surface area contributed by atoms with Gasteiger partial charge in [-0.25, -0.2) is 0 Å². The minimum Gasteiger partial charge on any atom is -0.348 e. The third-order valence-corrected chi connectivity index (χ3v) is 5.36. The molecule has 0 saturated carbocycles. The summed E-state index contributed by atoms with van der Waals surface area (Å²) in [7, 11) is 0. The van der Waals surface area contributed by atoms with Crippen molar-refractivity contribution in [2.45, 2.75) is 33.1 Å². The molecule has 1 aliphatic rings. The molecule has 144 valence electrons. The molecule has 0 aliphatic carbocycles. The van der Waals surface area contributed by atoms with Crippen molar-refractivity contribution in [3.63, 3.8) is 0 Å². The number of hydrogen-bond donors (Lipinski definition) is 2. The van der Waals surface area contributed by atoms with E-state index in [1.807, 2.05) is 0 Å². The summed E-state index contributed by atoms with van der Waals surface area (Å²) in [5.41, 5.74) is 0.327. The summed E-state index contributed by atoms with van der Waals surface area (Å²) >= 11 is 11.9. The van der Waals surface area contributed by atoms with Crippen molar-refractivity contribution in [1.82, 2.24) is 10.2 Å². The Bertz CT molecular complexity index is 629. The maximum Gasteiger partial charge on any atom is 0.313 e. The highest BCUT2D eigenvalue weighted by Crippen LogP contribution is 2.29. The molecule has 1 heterocycles. The van der Waals surface area contributed by atoms with E-state index < -0.39 is 11.8 Å². The number of benzene rings is 1. The lowest BCUT2D eigenvalue weighted by atomic mass is 9.92. The van der Waals surface area contributed by atoms with Gasteiger partial charge in [-0.15, -0.1) is 0 Å². The van der Waals surface area contributed by atoms with Crippen molar-refractivity contribution in [3.8, 4) is 0 Å². The monoisotopic (exact) mass is 399 g/mol. The first-order valence-electron chi connectivity index (χ1n) is 9.12. The van der Waals surface area contributed by atoms with E-state index in [0.29, 0.717) is 17.3 Å². The molecule has 2 amide bonds. The SMILES string of the molecule is CC1CC(C)CN(CCCCNC(=O)C(=O)Nc2cccc(Cl)c2Cl)C1. The minimum absolute atomic E-state index is 0.223. The largest absolute Gasteiger partial charge is 0.348 e. The summed E-state index contributed by atoms with van der Waals surface area (Å²) in [5.74, 6) is 0.0926. The normalized spacial score (nSPS) is 20.6. The van der Waals surface area contributed by atoms with Crippen LogP contribution in [0.1, 0.15) is 33.1 Å². The average Bonchev–Trinajstić information content (AvgIpc) is 2.57. The number of halogens is 2. The molecule has 26 heavy (non-hydrogen) atoms. The average molecular weight is 400 g/mol. The van der Waals surface area contributed by atoms with Crippen LogP contribution in [0.15, 0.2) is 18.2 Å². The first-order chi connectivity index (χ1) is 12.4. The van der Waals surface area contributed by atoms with E-state index in [1.165, 1.54) is 6.42 Å². The van der Waals surface area contributed by atoms with Crippen LogP contribution in [0.4, 0.5) is 5.69 Å². The van der Waals surface area contributed by atoms with Crippen LogP contribution in [-0.4, -0.2) is 42.9 Å². The molecular formula is C19H27Cl2N3O2. The van der Waals surface area contributed by atoms with Crippen LogP contribution in [0.3, 0.4) is 0 Å². The van der Waals surface area contributed by atoms with Gasteiger partial charge in [0.15, 0.2) is 0 Å². The number of nitrogens with one attached hydrogen (secondary N) is 2. The van der Waals surface area contributed by atoms with E-state index in [0.717, 1.165) is 44.3 Å². The lowest BCUT2D eigenvalue weighted by Crippen LogP contribution is -2.39. The van der Waals surface area contributed by atoms with Crippen molar-refractivity contribution in [1.29, 1.82) is 0 Å². The first kappa shape index (κ1) is 21.0. The van der Waals surface area contributed by atoms with Crippen molar-refractivity contribution in [2.75, 3.05) is 31.5 Å². The fourth-order valence-electron chi connectivity index (χ4n) is 3.50. The predicted molar refractivity (Wildman–Crippen MR) is 107 cm³/mol. The predicted octanol–water partition coefficient (Wildman–Crippen LogP) is 3.81. The molecule has 1 fully saturated rings. The molecule has 2 N–H and O–H groups in total. The van der Waals surface area contributed by atoms with Crippen LogP contribution in [0, 0.1) is 11.8 Å². The first-order valence-corrected chi connectivity index (χ1v) is 9.88. The van der Waals surface area contributed by atoms with Crippen molar-refractivity contribution >= 4 is 40.7 Å². The second-order valence-electron chi connectivity index (χ2n) is 7.22. The Balaban J connectivity index is 1.65. The van der Waals surface area contributed by atoms with Gasteiger partial charge in [0.05, 0.1) is 15.7 Å². The number of piperidine rings is 1. The van der Waals surface area contributed by atoms with Gasteiger partial charge in [-0.05, 0) is 49.8 Å². The zero-order chi connectivity index (χ0) is 19.1. The van der Waals surface area contributed by atoms with Gasteiger partial charge < -0.3 is 15.5 Å². The molecule has 1 aromatic rings. The van der Waals surface area contributed by atoms with Crippen molar-refractivity contribution in [3.05, 3.63) is 28.2 Å². The Morgan fingerprint density at radius 1 is 1.12 bits per heavy atom. The van der Waals surface area contributed by atoms with Crippen LogP contribution in [0.5, 0.6) is 0 Å². The molecule has 0 radical (unpaired) electrons. The zero-order valence-corrected chi connectivity index (χ0v) is 16.9. The molecule has 2 atom stereocenters. The Morgan fingerprint density at radius 2 is 1.81 bits per heavy atom. The molecule has 1 saturated heterocycles. The highest BCUT2D eigenvalue weighted by Gasteiger charge is 2.21. The number of amides is 2. The summed E-state index contributed by atoms with van der Waals surface area (Å²) in [6, 6.07) is 4.87. The van der Waals surface area contributed by atoms with Gasteiger partial charge in [-0.3, -0.25) is 9.59 Å². The Morgan fingerprint density at radius 3 is 2.50 bits per heavy atom. The quantitative estimate of drug-likeness (QED) is 0.564. The fourth-order valence-corrected chi connectivity index (χ4v) is 3.84. The van der Waals surface area contributed by atoms with Crippen LogP contribution < -0.4 is 10.6 Å². The number of hydrogen-bond acceptors (Lipinski definition) is 3.